The average Bonchev–Trinajstić information content (AvgIpc) is 2.31. The molecule has 102 valence electrons. The second-order valence-electron chi connectivity index (χ2n) is 4.31. The third kappa shape index (κ3) is 4.60. The topological polar surface area (TPSA) is 73.1 Å². The number of anilines is 2. The fourth-order valence-electron chi connectivity index (χ4n) is 1.38. The van der Waals surface area contributed by atoms with Gasteiger partial charge in [-0.25, -0.2) is 4.98 Å². The Kier molecular flexibility index (Phi) is 6.04. The molecule has 5 nitrogen and oxygen atoms in total. The molecule has 1 aromatic heterocycles. The highest BCUT2D eigenvalue weighted by atomic mass is 32.2. The van der Waals surface area contributed by atoms with Crippen LogP contribution in [0.4, 0.5) is 11.5 Å². The molecule has 3 N–H and O–H groups in total. The number of nitrogens with zero attached hydrogens (tertiary/aromatic N) is 2. The van der Waals surface area contributed by atoms with Crippen molar-refractivity contribution in [2.75, 3.05) is 22.6 Å². The van der Waals surface area contributed by atoms with Gasteiger partial charge in [0.05, 0.1) is 6.10 Å². The van der Waals surface area contributed by atoms with Gasteiger partial charge in [0.2, 0.25) is 5.88 Å². The summed E-state index contributed by atoms with van der Waals surface area (Å²) in [4.78, 5) is 8.20. The number of hydrogen-bond acceptors (Lipinski definition) is 6. The van der Waals surface area contributed by atoms with Gasteiger partial charge < -0.3 is 15.8 Å². The lowest BCUT2D eigenvalue weighted by molar-refractivity contribution is 0.234. The van der Waals surface area contributed by atoms with Crippen molar-refractivity contribution in [1.82, 2.24) is 9.97 Å². The van der Waals surface area contributed by atoms with Crippen LogP contribution in [0.15, 0.2) is 6.33 Å². The van der Waals surface area contributed by atoms with Gasteiger partial charge in [-0.15, -0.1) is 0 Å². The lowest BCUT2D eigenvalue weighted by Gasteiger charge is -2.17. The van der Waals surface area contributed by atoms with E-state index in [-0.39, 0.29) is 6.10 Å². The zero-order chi connectivity index (χ0) is 13.5. The maximum Gasteiger partial charge on any atom is 0.242 e. The van der Waals surface area contributed by atoms with Gasteiger partial charge in [-0.1, -0.05) is 6.92 Å². The molecule has 0 aliphatic carbocycles. The van der Waals surface area contributed by atoms with Crippen LogP contribution in [0.25, 0.3) is 0 Å². The van der Waals surface area contributed by atoms with Crippen molar-refractivity contribution in [1.29, 1.82) is 0 Å². The van der Waals surface area contributed by atoms with Crippen LogP contribution < -0.4 is 15.8 Å². The number of hydrogen-bond donors (Lipinski definition) is 2. The summed E-state index contributed by atoms with van der Waals surface area (Å²) in [5.74, 6) is 3.20. The predicted molar refractivity (Wildman–Crippen MR) is 78.3 cm³/mol. The van der Waals surface area contributed by atoms with Gasteiger partial charge in [0.1, 0.15) is 12.0 Å². The monoisotopic (exact) mass is 270 g/mol. The molecule has 1 atom stereocenters. The van der Waals surface area contributed by atoms with Gasteiger partial charge >= 0.3 is 0 Å². The van der Waals surface area contributed by atoms with E-state index in [0.29, 0.717) is 23.4 Å². The van der Waals surface area contributed by atoms with Gasteiger partial charge in [0.15, 0.2) is 5.82 Å². The van der Waals surface area contributed by atoms with E-state index in [2.05, 4.69) is 29.1 Å². The molecule has 0 saturated carbocycles. The minimum atomic E-state index is 0.0446. The highest BCUT2D eigenvalue weighted by Crippen LogP contribution is 2.26. The Bertz CT molecular complexity index is 373. The summed E-state index contributed by atoms with van der Waals surface area (Å²) in [6, 6.07) is 0.305. The SMILES string of the molecule is CCSCC(C)Nc1ncnc(OC(C)C)c1N. The van der Waals surface area contributed by atoms with Crippen LogP contribution in [-0.2, 0) is 0 Å². The number of rotatable bonds is 7. The first-order valence-electron chi connectivity index (χ1n) is 6.16. The van der Waals surface area contributed by atoms with E-state index >= 15 is 0 Å². The Morgan fingerprint density at radius 2 is 2.11 bits per heavy atom. The summed E-state index contributed by atoms with van der Waals surface area (Å²) in [7, 11) is 0. The number of thioether (sulfide) groups is 1. The van der Waals surface area contributed by atoms with Gasteiger partial charge in [0, 0.05) is 11.8 Å². The van der Waals surface area contributed by atoms with Gasteiger partial charge in [0.25, 0.3) is 0 Å². The van der Waals surface area contributed by atoms with Crippen molar-refractivity contribution in [3.05, 3.63) is 6.33 Å². The highest BCUT2D eigenvalue weighted by molar-refractivity contribution is 7.99. The van der Waals surface area contributed by atoms with Crippen LogP contribution in [0.5, 0.6) is 5.88 Å². The third-order valence-electron chi connectivity index (χ3n) is 2.15. The first kappa shape index (κ1) is 14.9. The van der Waals surface area contributed by atoms with Crippen molar-refractivity contribution in [3.63, 3.8) is 0 Å². The minimum absolute atomic E-state index is 0.0446. The molecule has 0 radical (unpaired) electrons. The quantitative estimate of drug-likeness (QED) is 0.792. The van der Waals surface area contributed by atoms with Crippen LogP contribution in [-0.4, -0.2) is 33.6 Å². The van der Waals surface area contributed by atoms with E-state index in [0.717, 1.165) is 11.5 Å². The number of nitrogens with two attached hydrogens (primary N) is 1. The predicted octanol–water partition coefficient (Wildman–Crippen LogP) is 2.40. The van der Waals surface area contributed by atoms with Crippen molar-refractivity contribution < 1.29 is 4.74 Å². The smallest absolute Gasteiger partial charge is 0.242 e. The molecule has 1 aromatic rings. The Hall–Kier alpha value is -1.17. The van der Waals surface area contributed by atoms with E-state index < -0.39 is 0 Å². The van der Waals surface area contributed by atoms with Crippen molar-refractivity contribution in [3.8, 4) is 5.88 Å². The molecule has 0 aliphatic rings. The molecule has 1 heterocycles. The minimum Gasteiger partial charge on any atom is -0.473 e. The molecule has 1 rings (SSSR count). The van der Waals surface area contributed by atoms with E-state index in [4.69, 9.17) is 10.5 Å². The van der Waals surface area contributed by atoms with Crippen LogP contribution in [0.2, 0.25) is 0 Å². The first-order valence-corrected chi connectivity index (χ1v) is 7.31. The van der Waals surface area contributed by atoms with Crippen molar-refractivity contribution in [2.24, 2.45) is 0 Å². The molecular weight excluding hydrogens is 248 g/mol. The number of aromatic nitrogens is 2. The fourth-order valence-corrected chi connectivity index (χ4v) is 2.05. The maximum atomic E-state index is 5.99. The molecule has 0 bridgehead atoms. The Labute approximate surface area is 113 Å². The first-order chi connectivity index (χ1) is 8.54. The summed E-state index contributed by atoms with van der Waals surface area (Å²) >= 11 is 1.88. The van der Waals surface area contributed by atoms with E-state index in [1.54, 1.807) is 0 Å². The number of ether oxygens (including phenoxy) is 1. The normalized spacial score (nSPS) is 12.5. The van der Waals surface area contributed by atoms with Crippen LogP contribution >= 0.6 is 11.8 Å². The second-order valence-corrected chi connectivity index (χ2v) is 5.63. The van der Waals surface area contributed by atoms with Crippen molar-refractivity contribution >= 4 is 23.3 Å². The average molecular weight is 270 g/mol. The Morgan fingerprint density at radius 1 is 1.39 bits per heavy atom. The van der Waals surface area contributed by atoms with E-state index in [1.165, 1.54) is 6.33 Å². The molecule has 18 heavy (non-hydrogen) atoms. The summed E-state index contributed by atoms with van der Waals surface area (Å²) in [5, 5.41) is 3.28. The summed E-state index contributed by atoms with van der Waals surface area (Å²) in [6.45, 7) is 8.13. The molecule has 6 heteroatoms. The molecule has 0 fully saturated rings. The van der Waals surface area contributed by atoms with E-state index in [1.807, 2.05) is 25.6 Å². The maximum absolute atomic E-state index is 5.99. The summed E-state index contributed by atoms with van der Waals surface area (Å²) in [6.07, 6.45) is 1.51. The zero-order valence-electron chi connectivity index (χ0n) is 11.4. The zero-order valence-corrected chi connectivity index (χ0v) is 12.3. The van der Waals surface area contributed by atoms with Gasteiger partial charge in [-0.2, -0.15) is 16.7 Å². The summed E-state index contributed by atoms with van der Waals surface area (Å²) in [5.41, 5.74) is 6.46. The van der Waals surface area contributed by atoms with Gasteiger partial charge in [-0.3, -0.25) is 0 Å². The lowest BCUT2D eigenvalue weighted by Crippen LogP contribution is -2.20. The molecule has 1 unspecified atom stereocenters. The second kappa shape index (κ2) is 7.31. The Morgan fingerprint density at radius 3 is 2.72 bits per heavy atom. The highest BCUT2D eigenvalue weighted by Gasteiger charge is 2.12. The number of nitrogens with one attached hydrogen (secondary N) is 1. The lowest BCUT2D eigenvalue weighted by atomic mass is 10.3. The van der Waals surface area contributed by atoms with Crippen LogP contribution in [0.3, 0.4) is 0 Å². The van der Waals surface area contributed by atoms with Crippen LogP contribution in [0.1, 0.15) is 27.7 Å². The molecule has 0 spiro atoms. The summed E-state index contributed by atoms with van der Waals surface area (Å²) < 4.78 is 5.53. The molecule has 0 aliphatic heterocycles. The van der Waals surface area contributed by atoms with Crippen molar-refractivity contribution in [2.45, 2.75) is 39.8 Å². The Balaban J connectivity index is 2.71. The fraction of sp³-hybridized carbons (Fsp3) is 0.667. The molecular formula is C12H22N4OS. The molecule has 0 amide bonds. The molecule has 0 saturated heterocycles. The number of nitrogen functional groups attached to an aromatic ring is 1. The molecule has 0 aromatic carbocycles. The van der Waals surface area contributed by atoms with E-state index in [9.17, 15) is 0 Å². The third-order valence-corrected chi connectivity index (χ3v) is 3.29. The van der Waals surface area contributed by atoms with Crippen LogP contribution in [0, 0.1) is 0 Å². The van der Waals surface area contributed by atoms with Gasteiger partial charge in [-0.05, 0) is 26.5 Å². The standard InChI is InChI=1S/C12H22N4OS/c1-5-18-6-9(4)16-11-10(13)12(15-7-14-11)17-8(2)3/h7-9H,5-6,13H2,1-4H3,(H,14,15,16). The largest absolute Gasteiger partial charge is 0.473 e.